The highest BCUT2D eigenvalue weighted by atomic mass is 127. The van der Waals surface area contributed by atoms with Crippen molar-refractivity contribution in [1.29, 1.82) is 0 Å². The Kier molecular flexibility index (Phi) is 2.09. The minimum Gasteiger partial charge on any atom is -0.241 e. The highest BCUT2D eigenvalue weighted by Gasteiger charge is 2.01. The molecule has 0 bridgehead atoms. The fourth-order valence-electron chi connectivity index (χ4n) is 1.83. The molecule has 0 aliphatic rings. The minimum absolute atomic E-state index is 1.04. The van der Waals surface area contributed by atoms with Crippen LogP contribution in [0, 0.1) is 3.70 Å². The fraction of sp³-hybridized carbons (Fsp3) is 0. The zero-order valence-corrected chi connectivity index (χ0v) is 10.1. The number of nitrogens with zero attached hydrogens (tertiary/aromatic N) is 1. The normalized spacial score (nSPS) is 11.0. The van der Waals surface area contributed by atoms with Crippen LogP contribution in [0.3, 0.4) is 0 Å². The van der Waals surface area contributed by atoms with Gasteiger partial charge in [-0.3, -0.25) is 0 Å². The Morgan fingerprint density at radius 1 is 0.800 bits per heavy atom. The van der Waals surface area contributed by atoms with E-state index in [1.54, 1.807) is 0 Å². The maximum atomic E-state index is 4.59. The summed E-state index contributed by atoms with van der Waals surface area (Å²) in [6, 6.07) is 16.8. The number of halogens is 1. The summed E-state index contributed by atoms with van der Waals surface area (Å²) in [5.41, 5.74) is 1.10. The Bertz CT molecular complexity index is 646. The van der Waals surface area contributed by atoms with Crippen LogP contribution in [0.1, 0.15) is 0 Å². The average Bonchev–Trinajstić information content (AvgIpc) is 2.29. The lowest BCUT2D eigenvalue weighted by molar-refractivity contribution is 1.36. The quantitative estimate of drug-likeness (QED) is 0.348. The second-order valence-electron chi connectivity index (χ2n) is 3.49. The molecule has 3 rings (SSSR count). The van der Waals surface area contributed by atoms with Crippen molar-refractivity contribution in [2.24, 2.45) is 0 Å². The summed E-state index contributed by atoms with van der Waals surface area (Å²) in [6.45, 7) is 0. The van der Waals surface area contributed by atoms with E-state index < -0.39 is 0 Å². The van der Waals surface area contributed by atoms with E-state index in [-0.39, 0.29) is 0 Å². The Morgan fingerprint density at radius 3 is 2.47 bits per heavy atom. The third kappa shape index (κ3) is 1.49. The summed E-state index contributed by atoms with van der Waals surface area (Å²) in [5.74, 6) is 0. The second-order valence-corrected chi connectivity index (χ2v) is 4.60. The van der Waals surface area contributed by atoms with Crippen molar-refractivity contribution in [2.75, 3.05) is 0 Å². The Morgan fingerprint density at radius 2 is 1.53 bits per heavy atom. The molecule has 1 aromatic heterocycles. The Balaban J connectivity index is 2.57. The van der Waals surface area contributed by atoms with Gasteiger partial charge in [0, 0.05) is 10.8 Å². The van der Waals surface area contributed by atoms with Crippen molar-refractivity contribution in [1.82, 2.24) is 4.98 Å². The van der Waals surface area contributed by atoms with Crippen molar-refractivity contribution in [2.45, 2.75) is 0 Å². The molecule has 72 valence electrons. The van der Waals surface area contributed by atoms with Crippen LogP contribution in [-0.2, 0) is 0 Å². The molecule has 0 atom stereocenters. The first-order valence-electron chi connectivity index (χ1n) is 4.78. The largest absolute Gasteiger partial charge is 0.241 e. The van der Waals surface area contributed by atoms with E-state index in [2.05, 4.69) is 70.0 Å². The molecule has 15 heavy (non-hydrogen) atoms. The molecule has 0 saturated heterocycles. The molecule has 0 radical (unpaired) electrons. The van der Waals surface area contributed by atoms with Crippen molar-refractivity contribution < 1.29 is 0 Å². The molecular weight excluding hydrogens is 297 g/mol. The van der Waals surface area contributed by atoms with Crippen LogP contribution in [0.25, 0.3) is 21.7 Å². The highest BCUT2D eigenvalue weighted by Crippen LogP contribution is 2.23. The van der Waals surface area contributed by atoms with E-state index in [0.29, 0.717) is 0 Å². The van der Waals surface area contributed by atoms with Crippen molar-refractivity contribution in [3.05, 3.63) is 52.2 Å². The van der Waals surface area contributed by atoms with Gasteiger partial charge in [0.1, 0.15) is 3.70 Å². The van der Waals surface area contributed by atoms with Crippen LogP contribution in [0.5, 0.6) is 0 Å². The first kappa shape index (κ1) is 9.09. The monoisotopic (exact) mass is 305 g/mol. The van der Waals surface area contributed by atoms with Gasteiger partial charge in [-0.1, -0.05) is 42.5 Å². The lowest BCUT2D eigenvalue weighted by Gasteiger charge is -2.02. The third-order valence-corrected chi connectivity index (χ3v) is 3.15. The Hall–Kier alpha value is -1.16. The molecule has 2 heteroatoms. The van der Waals surface area contributed by atoms with Gasteiger partial charge >= 0.3 is 0 Å². The zero-order chi connectivity index (χ0) is 10.3. The van der Waals surface area contributed by atoms with Gasteiger partial charge in [-0.2, -0.15) is 0 Å². The molecule has 0 amide bonds. The molecule has 0 spiro atoms. The SMILES string of the molecule is Ic1ccc2ccc3ccccc3c2n1. The van der Waals surface area contributed by atoms with Gasteiger partial charge < -0.3 is 0 Å². The lowest BCUT2D eigenvalue weighted by atomic mass is 10.1. The van der Waals surface area contributed by atoms with Crippen LogP contribution in [0.2, 0.25) is 0 Å². The molecule has 0 aliphatic carbocycles. The summed E-state index contributed by atoms with van der Waals surface area (Å²) >= 11 is 2.25. The molecule has 0 aliphatic heterocycles. The van der Waals surface area contributed by atoms with Crippen molar-refractivity contribution in [3.8, 4) is 0 Å². The van der Waals surface area contributed by atoms with Gasteiger partial charge in [0.2, 0.25) is 0 Å². The average molecular weight is 305 g/mol. The predicted octanol–water partition coefficient (Wildman–Crippen LogP) is 3.99. The zero-order valence-electron chi connectivity index (χ0n) is 7.94. The standard InChI is InChI=1S/C13H8IN/c14-12-8-7-10-6-5-9-3-1-2-4-11(9)13(10)15-12/h1-8H. The van der Waals surface area contributed by atoms with Gasteiger partial charge in [0.05, 0.1) is 5.52 Å². The molecule has 0 N–H and O–H groups in total. The third-order valence-electron chi connectivity index (χ3n) is 2.55. The van der Waals surface area contributed by atoms with Crippen LogP contribution >= 0.6 is 22.6 Å². The molecule has 2 aromatic carbocycles. The molecule has 0 unspecified atom stereocenters. The van der Waals surface area contributed by atoms with E-state index in [4.69, 9.17) is 0 Å². The van der Waals surface area contributed by atoms with Gasteiger partial charge in [0.15, 0.2) is 0 Å². The molecular formula is C13H8IN. The maximum Gasteiger partial charge on any atom is 0.102 e. The second kappa shape index (κ2) is 3.45. The van der Waals surface area contributed by atoms with E-state index in [9.17, 15) is 0 Å². The maximum absolute atomic E-state index is 4.59. The van der Waals surface area contributed by atoms with E-state index in [0.717, 1.165) is 9.22 Å². The van der Waals surface area contributed by atoms with E-state index >= 15 is 0 Å². The number of benzene rings is 2. The summed E-state index contributed by atoms with van der Waals surface area (Å²) in [5, 5.41) is 3.68. The highest BCUT2D eigenvalue weighted by molar-refractivity contribution is 14.1. The molecule has 1 heterocycles. The van der Waals surface area contributed by atoms with Gasteiger partial charge in [0.25, 0.3) is 0 Å². The van der Waals surface area contributed by atoms with Gasteiger partial charge in [-0.25, -0.2) is 4.98 Å². The number of aromatic nitrogens is 1. The molecule has 3 aromatic rings. The molecule has 0 saturated carbocycles. The fourth-order valence-corrected chi connectivity index (χ4v) is 2.25. The summed E-state index contributed by atoms with van der Waals surface area (Å²) in [6.07, 6.45) is 0. The van der Waals surface area contributed by atoms with Crippen LogP contribution in [0.4, 0.5) is 0 Å². The smallest absolute Gasteiger partial charge is 0.102 e. The van der Waals surface area contributed by atoms with E-state index in [1.165, 1.54) is 16.2 Å². The number of hydrogen-bond acceptors (Lipinski definition) is 1. The van der Waals surface area contributed by atoms with E-state index in [1.807, 2.05) is 6.07 Å². The number of rotatable bonds is 0. The van der Waals surface area contributed by atoms with Gasteiger partial charge in [-0.05, 0) is 34.0 Å². The topological polar surface area (TPSA) is 12.9 Å². The summed E-state index contributed by atoms with van der Waals surface area (Å²) in [4.78, 5) is 4.59. The van der Waals surface area contributed by atoms with Gasteiger partial charge in [-0.15, -0.1) is 0 Å². The summed E-state index contributed by atoms with van der Waals surface area (Å²) in [7, 11) is 0. The number of pyridine rings is 1. The molecule has 0 fully saturated rings. The van der Waals surface area contributed by atoms with Crippen LogP contribution in [-0.4, -0.2) is 4.98 Å². The first-order valence-corrected chi connectivity index (χ1v) is 5.86. The number of fused-ring (bicyclic) bond motifs is 3. The van der Waals surface area contributed by atoms with Crippen molar-refractivity contribution in [3.63, 3.8) is 0 Å². The number of hydrogen-bond donors (Lipinski definition) is 0. The van der Waals surface area contributed by atoms with Crippen LogP contribution in [0.15, 0.2) is 48.5 Å². The molecule has 1 nitrogen and oxygen atoms in total. The van der Waals surface area contributed by atoms with Crippen LogP contribution < -0.4 is 0 Å². The lowest BCUT2D eigenvalue weighted by Crippen LogP contribution is -1.84. The first-order chi connectivity index (χ1) is 7.34. The predicted molar refractivity (Wildman–Crippen MR) is 72.0 cm³/mol. The minimum atomic E-state index is 1.04. The summed E-state index contributed by atoms with van der Waals surface area (Å²) < 4.78 is 1.04. The Labute approximate surface area is 101 Å². The van der Waals surface area contributed by atoms with Crippen molar-refractivity contribution >= 4 is 44.3 Å².